The largest absolute Gasteiger partial charge is 0.303 e. The van der Waals surface area contributed by atoms with Crippen molar-refractivity contribution >= 4 is 28.8 Å². The Bertz CT molecular complexity index is 1460. The highest BCUT2D eigenvalue weighted by Crippen LogP contribution is 2.52. The van der Waals surface area contributed by atoms with Crippen molar-refractivity contribution in [3.05, 3.63) is 68.7 Å². The summed E-state index contributed by atoms with van der Waals surface area (Å²) in [7, 11) is 0. The molecule has 1 aromatic heterocycles. The van der Waals surface area contributed by atoms with Gasteiger partial charge in [0.05, 0.1) is 27.0 Å². The molecular formula is C33H38ClN3O2. The third-order valence-electron chi connectivity index (χ3n) is 10.5. The molecule has 0 unspecified atom stereocenters. The molecule has 4 aliphatic rings. The van der Waals surface area contributed by atoms with E-state index in [0.29, 0.717) is 28.3 Å². The summed E-state index contributed by atoms with van der Waals surface area (Å²) in [4.78, 5) is 31.6. The summed E-state index contributed by atoms with van der Waals surface area (Å²) < 4.78 is 2.28. The number of rotatable bonds is 4. The molecule has 3 heterocycles. The number of benzene rings is 2. The second-order valence-corrected chi connectivity index (χ2v) is 12.9. The molecule has 2 saturated carbocycles. The lowest BCUT2D eigenvalue weighted by Gasteiger charge is -2.41. The number of carbonyl (C=O) groups is 1. The number of carbonyl (C=O) groups excluding carboxylic acids is 1. The maximum Gasteiger partial charge on any atom is 0.282 e. The molecule has 3 aromatic rings. The maximum absolute atomic E-state index is 13.2. The van der Waals surface area contributed by atoms with E-state index in [0.717, 1.165) is 50.0 Å². The Morgan fingerprint density at radius 3 is 2.49 bits per heavy atom. The van der Waals surface area contributed by atoms with Gasteiger partial charge in [-0.15, -0.1) is 0 Å². The molecule has 2 aliphatic carbocycles. The van der Waals surface area contributed by atoms with Crippen LogP contribution in [-0.2, 0) is 10.2 Å². The van der Waals surface area contributed by atoms with Gasteiger partial charge in [0.2, 0.25) is 0 Å². The summed E-state index contributed by atoms with van der Waals surface area (Å²) in [5.41, 5.74) is 4.48. The number of hydrogen-bond donors (Lipinski definition) is 0. The zero-order valence-electron chi connectivity index (χ0n) is 22.7. The molecule has 0 bridgehead atoms. The summed E-state index contributed by atoms with van der Waals surface area (Å²) in [5, 5.41) is 1.01. The van der Waals surface area contributed by atoms with Gasteiger partial charge in [0.1, 0.15) is 12.1 Å². The van der Waals surface area contributed by atoms with Gasteiger partial charge in [-0.3, -0.25) is 9.36 Å². The molecule has 1 spiro atoms. The molecule has 0 N–H and O–H groups in total. The van der Waals surface area contributed by atoms with E-state index in [2.05, 4.69) is 27.7 Å². The molecule has 39 heavy (non-hydrogen) atoms. The minimum Gasteiger partial charge on any atom is -0.303 e. The first-order valence-electron chi connectivity index (χ1n) is 15.1. The number of piperidine rings is 1. The van der Waals surface area contributed by atoms with Crippen LogP contribution in [0, 0.1) is 5.92 Å². The lowest BCUT2D eigenvalue weighted by Crippen LogP contribution is -2.42. The monoisotopic (exact) mass is 543 g/mol. The normalized spacial score (nSPS) is 25.1. The van der Waals surface area contributed by atoms with E-state index in [1.54, 1.807) is 6.07 Å². The van der Waals surface area contributed by atoms with Crippen LogP contribution in [0.4, 0.5) is 0 Å². The Balaban J connectivity index is 1.20. The van der Waals surface area contributed by atoms with Gasteiger partial charge in [0.25, 0.3) is 5.56 Å². The third-order valence-corrected chi connectivity index (χ3v) is 10.9. The van der Waals surface area contributed by atoms with Gasteiger partial charge in [-0.25, -0.2) is 0 Å². The fourth-order valence-electron chi connectivity index (χ4n) is 8.43. The first kappa shape index (κ1) is 25.5. The second kappa shape index (κ2) is 10.2. The highest BCUT2D eigenvalue weighted by Gasteiger charge is 2.46. The Kier molecular flexibility index (Phi) is 6.63. The number of nitrogens with zero attached hydrogens (tertiary/aromatic N) is 3. The van der Waals surface area contributed by atoms with Gasteiger partial charge in [-0.2, -0.15) is 4.98 Å². The number of aldehydes is 1. The average Bonchev–Trinajstić information content (AvgIpc) is 3.22. The number of halogens is 1. The molecule has 0 radical (unpaired) electrons. The number of hydrogen-bond acceptors (Lipinski definition) is 4. The summed E-state index contributed by atoms with van der Waals surface area (Å²) in [6.07, 6.45) is 14.7. The van der Waals surface area contributed by atoms with Gasteiger partial charge >= 0.3 is 0 Å². The Morgan fingerprint density at radius 1 is 0.974 bits per heavy atom. The van der Waals surface area contributed by atoms with E-state index in [4.69, 9.17) is 16.6 Å². The quantitative estimate of drug-likeness (QED) is 0.335. The van der Waals surface area contributed by atoms with Gasteiger partial charge in [-0.05, 0) is 106 Å². The van der Waals surface area contributed by atoms with Crippen LogP contribution in [-0.4, -0.2) is 39.9 Å². The predicted octanol–water partition coefficient (Wildman–Crippen LogP) is 6.93. The fourth-order valence-corrected chi connectivity index (χ4v) is 8.68. The van der Waals surface area contributed by atoms with E-state index in [9.17, 15) is 9.59 Å². The van der Waals surface area contributed by atoms with Crippen molar-refractivity contribution in [1.29, 1.82) is 0 Å². The lowest BCUT2D eigenvalue weighted by atomic mass is 9.69. The first-order chi connectivity index (χ1) is 19.1. The summed E-state index contributed by atoms with van der Waals surface area (Å²) in [6.45, 7) is 2.30. The van der Waals surface area contributed by atoms with Crippen LogP contribution < -0.4 is 5.56 Å². The minimum atomic E-state index is -0.201. The minimum absolute atomic E-state index is 0.173. The molecule has 7 rings (SSSR count). The molecular weight excluding hydrogens is 506 g/mol. The molecule has 2 aromatic carbocycles. The van der Waals surface area contributed by atoms with Gasteiger partial charge in [0.15, 0.2) is 0 Å². The molecule has 0 atom stereocenters. The number of likely N-dealkylation sites (tertiary alicyclic amines) is 1. The van der Waals surface area contributed by atoms with Crippen LogP contribution in [0.2, 0.25) is 5.02 Å². The Labute approximate surface area is 235 Å². The molecule has 3 fully saturated rings. The molecule has 204 valence electrons. The van der Waals surface area contributed by atoms with Crippen molar-refractivity contribution in [2.24, 2.45) is 5.92 Å². The maximum atomic E-state index is 13.2. The van der Waals surface area contributed by atoms with E-state index in [1.807, 2.05) is 12.1 Å². The number of fused-ring (bicyclic) bond motifs is 7. The Hall–Kier alpha value is -2.50. The average molecular weight is 544 g/mol. The predicted molar refractivity (Wildman–Crippen MR) is 156 cm³/mol. The standard InChI is InChI=1S/C33H38ClN3O2/c34-27-5-4-6-28-30(27)31(39)35-32-33(16-2-1-3-17-33)26-12-9-24(21-29(26)37(28)32)23-13-18-36(19-14-23)25-10-7-22(8-11-25)15-20-38/h4-6,9,12,20-23,25H,1-3,7-8,10-11,13-19H2. The van der Waals surface area contributed by atoms with Crippen LogP contribution in [0.25, 0.3) is 16.6 Å². The summed E-state index contributed by atoms with van der Waals surface area (Å²) in [6, 6.07) is 13.6. The summed E-state index contributed by atoms with van der Waals surface area (Å²) in [5.74, 6) is 2.08. The Morgan fingerprint density at radius 2 is 1.74 bits per heavy atom. The first-order valence-corrected chi connectivity index (χ1v) is 15.5. The van der Waals surface area contributed by atoms with Gasteiger partial charge in [-0.1, -0.05) is 49.1 Å². The lowest BCUT2D eigenvalue weighted by molar-refractivity contribution is -0.108. The second-order valence-electron chi connectivity index (χ2n) is 12.5. The van der Waals surface area contributed by atoms with Crippen LogP contribution in [0.1, 0.15) is 99.9 Å². The summed E-state index contributed by atoms with van der Waals surface area (Å²) >= 11 is 6.55. The molecule has 1 saturated heterocycles. The van der Waals surface area contributed by atoms with Crippen LogP contribution in [0.3, 0.4) is 0 Å². The van der Waals surface area contributed by atoms with Gasteiger partial charge in [0, 0.05) is 12.5 Å². The molecule has 6 heteroatoms. The van der Waals surface area contributed by atoms with Crippen LogP contribution in [0.5, 0.6) is 0 Å². The van der Waals surface area contributed by atoms with Crippen molar-refractivity contribution in [2.45, 2.75) is 94.4 Å². The zero-order valence-corrected chi connectivity index (χ0v) is 23.5. The third kappa shape index (κ3) is 4.19. The molecule has 2 aliphatic heterocycles. The van der Waals surface area contributed by atoms with Crippen LogP contribution in [0.15, 0.2) is 41.2 Å². The van der Waals surface area contributed by atoms with E-state index in [-0.39, 0.29) is 11.0 Å². The smallest absolute Gasteiger partial charge is 0.282 e. The number of aromatic nitrogens is 2. The fraction of sp³-hybridized carbons (Fsp3) is 0.545. The van der Waals surface area contributed by atoms with Crippen molar-refractivity contribution in [3.63, 3.8) is 0 Å². The van der Waals surface area contributed by atoms with Crippen molar-refractivity contribution in [2.75, 3.05) is 13.1 Å². The highest BCUT2D eigenvalue weighted by molar-refractivity contribution is 6.35. The van der Waals surface area contributed by atoms with Crippen LogP contribution >= 0.6 is 11.6 Å². The van der Waals surface area contributed by atoms with Crippen molar-refractivity contribution in [1.82, 2.24) is 14.5 Å². The van der Waals surface area contributed by atoms with Crippen molar-refractivity contribution in [3.8, 4) is 5.69 Å². The highest BCUT2D eigenvalue weighted by atomic mass is 35.5. The van der Waals surface area contributed by atoms with E-state index < -0.39 is 0 Å². The molecule has 5 nitrogen and oxygen atoms in total. The van der Waals surface area contributed by atoms with Crippen molar-refractivity contribution < 1.29 is 4.79 Å². The SMILES string of the molecule is O=CCC1CCC(N2CCC(c3ccc4c(c3)-n3c(nc(=O)c5c(Cl)cccc53)C43CCCCC3)CC2)CC1. The van der Waals surface area contributed by atoms with E-state index in [1.165, 1.54) is 74.6 Å². The molecule has 0 amide bonds. The van der Waals surface area contributed by atoms with Gasteiger partial charge < -0.3 is 9.69 Å². The topological polar surface area (TPSA) is 55.2 Å². The zero-order chi connectivity index (χ0) is 26.6. The van der Waals surface area contributed by atoms with E-state index >= 15 is 0 Å².